The van der Waals surface area contributed by atoms with Gasteiger partial charge in [-0.3, -0.25) is 0 Å². The monoisotopic (exact) mass is 567 g/mol. The highest BCUT2D eigenvalue weighted by Gasteiger charge is 2.17. The molecule has 8 aromatic rings. The first-order chi connectivity index (χ1) is 20.1. The van der Waals surface area contributed by atoms with E-state index in [1.807, 2.05) is 54.6 Å². The van der Waals surface area contributed by atoms with E-state index in [0.29, 0.717) is 5.02 Å². The first kappa shape index (κ1) is 24.2. The predicted octanol–water partition coefficient (Wildman–Crippen LogP) is 11.5. The summed E-state index contributed by atoms with van der Waals surface area (Å²) in [6.45, 7) is 0. The summed E-state index contributed by atoms with van der Waals surface area (Å²) in [7, 11) is 0. The molecule has 3 nitrogen and oxygen atoms in total. The van der Waals surface area contributed by atoms with Crippen LogP contribution in [0.4, 0.5) is 11.4 Å². The highest BCUT2D eigenvalue weighted by Crippen LogP contribution is 2.42. The van der Waals surface area contributed by atoms with E-state index < -0.39 is 0 Å². The third-order valence-corrected chi connectivity index (χ3v) is 8.07. The molecule has 0 aliphatic carbocycles. The maximum atomic E-state index is 6.42. The lowest BCUT2D eigenvalue weighted by molar-refractivity contribution is 0.668. The summed E-state index contributed by atoms with van der Waals surface area (Å²) in [5.41, 5.74) is 9.42. The Morgan fingerprint density at radius 2 is 1.05 bits per heavy atom. The molecule has 0 saturated carbocycles. The zero-order chi connectivity index (χ0) is 27.5. The van der Waals surface area contributed by atoms with Crippen molar-refractivity contribution in [3.05, 3.63) is 126 Å². The van der Waals surface area contributed by atoms with Gasteiger partial charge in [0, 0.05) is 48.3 Å². The Hall–Kier alpha value is -4.64. The van der Waals surface area contributed by atoms with E-state index in [1.165, 1.54) is 0 Å². The van der Waals surface area contributed by atoms with Crippen LogP contribution in [0.5, 0.6) is 0 Å². The average molecular weight is 568 g/mol. The first-order valence-corrected chi connectivity index (χ1v) is 14.2. The van der Waals surface area contributed by atoms with Crippen LogP contribution < -0.4 is 5.32 Å². The maximum absolute atomic E-state index is 6.42. The molecule has 196 valence electrons. The van der Waals surface area contributed by atoms with Crippen LogP contribution in [0, 0.1) is 0 Å². The normalized spacial score (nSPS) is 11.7. The number of rotatable bonds is 4. The van der Waals surface area contributed by atoms with Gasteiger partial charge in [0.05, 0.1) is 5.69 Å². The van der Waals surface area contributed by atoms with Crippen molar-refractivity contribution < 1.29 is 8.83 Å². The molecule has 0 atom stereocenters. The number of anilines is 2. The van der Waals surface area contributed by atoms with Crippen LogP contribution in [0.25, 0.3) is 66.1 Å². The highest BCUT2D eigenvalue weighted by molar-refractivity contribution is 7.80. The van der Waals surface area contributed by atoms with Crippen molar-refractivity contribution >= 4 is 79.5 Å². The Labute approximate surface area is 246 Å². The number of para-hydroxylation sites is 3. The molecule has 6 aromatic carbocycles. The fourth-order valence-corrected chi connectivity index (χ4v) is 6.33. The molecule has 0 aliphatic heterocycles. The largest absolute Gasteiger partial charge is 0.456 e. The molecular weight excluding hydrogens is 546 g/mol. The second-order valence-corrected chi connectivity index (χ2v) is 11.1. The van der Waals surface area contributed by atoms with Crippen molar-refractivity contribution in [1.29, 1.82) is 0 Å². The molecule has 2 heterocycles. The molecule has 0 unspecified atom stereocenters. The molecule has 0 spiro atoms. The van der Waals surface area contributed by atoms with E-state index in [2.05, 4.69) is 84.7 Å². The van der Waals surface area contributed by atoms with Gasteiger partial charge in [-0.2, -0.15) is 0 Å². The third-order valence-electron chi connectivity index (χ3n) is 7.60. The Morgan fingerprint density at radius 1 is 0.512 bits per heavy atom. The minimum absolute atomic E-state index is 0.617. The standard InChI is InChI=1S/C36H22ClNO2S/c37-23-18-24(20-25(41)19-23)38-36-26(21-12-14-30-28-6-1-3-10-32(28)39-34(30)16-21)8-5-9-27(36)22-13-15-31-29-7-2-4-11-33(29)40-35(31)17-22/h1-20,38,41H. The predicted molar refractivity (Wildman–Crippen MR) is 174 cm³/mol. The van der Waals surface area contributed by atoms with Gasteiger partial charge in [0.2, 0.25) is 0 Å². The van der Waals surface area contributed by atoms with E-state index in [9.17, 15) is 0 Å². The highest BCUT2D eigenvalue weighted by atomic mass is 35.5. The summed E-state index contributed by atoms with van der Waals surface area (Å²) in [6, 6.07) is 41.1. The molecule has 5 heteroatoms. The second-order valence-electron chi connectivity index (χ2n) is 10.2. The molecule has 0 radical (unpaired) electrons. The second kappa shape index (κ2) is 9.48. The molecular formula is C36H22ClNO2S. The van der Waals surface area contributed by atoms with Gasteiger partial charge in [0.15, 0.2) is 0 Å². The molecule has 0 saturated heterocycles. The Morgan fingerprint density at radius 3 is 1.61 bits per heavy atom. The minimum Gasteiger partial charge on any atom is -0.456 e. The number of hydrogen-bond donors (Lipinski definition) is 2. The van der Waals surface area contributed by atoms with Crippen LogP contribution in [0.3, 0.4) is 0 Å². The maximum Gasteiger partial charge on any atom is 0.136 e. The van der Waals surface area contributed by atoms with Gasteiger partial charge in [-0.05, 0) is 65.7 Å². The van der Waals surface area contributed by atoms with Gasteiger partial charge in [0.1, 0.15) is 22.3 Å². The molecule has 0 bridgehead atoms. The lowest BCUT2D eigenvalue weighted by Crippen LogP contribution is -1.97. The fraction of sp³-hybridized carbons (Fsp3) is 0. The van der Waals surface area contributed by atoms with Crippen molar-refractivity contribution in [3.63, 3.8) is 0 Å². The Balaban J connectivity index is 1.34. The van der Waals surface area contributed by atoms with Crippen LogP contribution in [-0.4, -0.2) is 0 Å². The van der Waals surface area contributed by atoms with E-state index >= 15 is 0 Å². The zero-order valence-electron chi connectivity index (χ0n) is 21.7. The number of furan rings is 2. The zero-order valence-corrected chi connectivity index (χ0v) is 23.3. The van der Waals surface area contributed by atoms with Crippen molar-refractivity contribution in [2.75, 3.05) is 5.32 Å². The molecule has 8 rings (SSSR count). The van der Waals surface area contributed by atoms with E-state index in [-0.39, 0.29) is 0 Å². The van der Waals surface area contributed by atoms with Crippen LogP contribution >= 0.6 is 24.2 Å². The third kappa shape index (κ3) is 4.15. The summed E-state index contributed by atoms with van der Waals surface area (Å²) in [6.07, 6.45) is 0. The molecule has 41 heavy (non-hydrogen) atoms. The van der Waals surface area contributed by atoms with Crippen molar-refractivity contribution in [1.82, 2.24) is 0 Å². The summed E-state index contributed by atoms with van der Waals surface area (Å²) < 4.78 is 12.5. The van der Waals surface area contributed by atoms with E-state index in [0.717, 1.165) is 82.4 Å². The summed E-state index contributed by atoms with van der Waals surface area (Å²) >= 11 is 11.0. The van der Waals surface area contributed by atoms with Crippen molar-refractivity contribution in [3.8, 4) is 22.3 Å². The Bertz CT molecular complexity index is 2130. The van der Waals surface area contributed by atoms with Gasteiger partial charge in [-0.15, -0.1) is 12.6 Å². The van der Waals surface area contributed by atoms with Crippen molar-refractivity contribution in [2.45, 2.75) is 4.90 Å². The molecule has 2 aromatic heterocycles. The molecule has 0 aliphatic rings. The number of nitrogens with one attached hydrogen (secondary N) is 1. The van der Waals surface area contributed by atoms with Gasteiger partial charge in [-0.1, -0.05) is 78.3 Å². The lowest BCUT2D eigenvalue weighted by atomic mass is 9.94. The summed E-state index contributed by atoms with van der Waals surface area (Å²) in [5, 5.41) is 8.71. The molecule has 1 N–H and O–H groups in total. The fourth-order valence-electron chi connectivity index (χ4n) is 5.75. The van der Waals surface area contributed by atoms with E-state index in [4.69, 9.17) is 20.4 Å². The minimum atomic E-state index is 0.617. The van der Waals surface area contributed by atoms with Crippen molar-refractivity contribution in [2.24, 2.45) is 0 Å². The number of halogens is 1. The average Bonchev–Trinajstić information content (AvgIpc) is 3.54. The number of thiol groups is 1. The first-order valence-electron chi connectivity index (χ1n) is 13.3. The van der Waals surface area contributed by atoms with Gasteiger partial charge < -0.3 is 14.2 Å². The number of hydrogen-bond acceptors (Lipinski definition) is 4. The topological polar surface area (TPSA) is 38.3 Å². The van der Waals surface area contributed by atoms with Gasteiger partial charge >= 0.3 is 0 Å². The number of benzene rings is 6. The lowest BCUT2D eigenvalue weighted by Gasteiger charge is -2.18. The summed E-state index contributed by atoms with van der Waals surface area (Å²) in [5.74, 6) is 0. The molecule has 0 amide bonds. The van der Waals surface area contributed by atoms with Crippen LogP contribution in [0.2, 0.25) is 5.02 Å². The van der Waals surface area contributed by atoms with Crippen LogP contribution in [0.15, 0.2) is 135 Å². The molecule has 0 fully saturated rings. The van der Waals surface area contributed by atoms with Crippen LogP contribution in [-0.2, 0) is 0 Å². The Kier molecular flexibility index (Phi) is 5.59. The SMILES string of the molecule is Sc1cc(Cl)cc(Nc2c(-c3ccc4c(c3)oc3ccccc34)cccc2-c2ccc3c(c2)oc2ccccc23)c1. The van der Waals surface area contributed by atoms with E-state index in [1.54, 1.807) is 0 Å². The summed E-state index contributed by atoms with van der Waals surface area (Å²) in [4.78, 5) is 0.784. The number of fused-ring (bicyclic) bond motifs is 6. The smallest absolute Gasteiger partial charge is 0.136 e. The quantitative estimate of drug-likeness (QED) is 0.208. The van der Waals surface area contributed by atoms with Gasteiger partial charge in [-0.25, -0.2) is 0 Å². The van der Waals surface area contributed by atoms with Gasteiger partial charge in [0.25, 0.3) is 0 Å². The van der Waals surface area contributed by atoms with Crippen LogP contribution in [0.1, 0.15) is 0 Å².